The zero-order valence-corrected chi connectivity index (χ0v) is 18.4. The lowest BCUT2D eigenvalue weighted by Gasteiger charge is -2.18. The van der Waals surface area contributed by atoms with Crippen LogP contribution in [0.2, 0.25) is 0 Å². The van der Waals surface area contributed by atoms with Crippen molar-refractivity contribution in [3.05, 3.63) is 54.4 Å². The first-order chi connectivity index (χ1) is 16.0. The molecule has 0 radical (unpaired) electrons. The summed E-state index contributed by atoms with van der Waals surface area (Å²) in [6, 6.07) is 11.5. The highest BCUT2D eigenvalue weighted by molar-refractivity contribution is 5.95. The molecule has 2 aliphatic rings. The molecule has 1 spiro atoms. The van der Waals surface area contributed by atoms with Crippen LogP contribution >= 0.6 is 0 Å². The number of anilines is 2. The third-order valence-electron chi connectivity index (χ3n) is 5.96. The minimum absolute atomic E-state index is 0.0282. The molecule has 3 amide bonds. The zero-order chi connectivity index (χ0) is 24.9. The Morgan fingerprint density at radius 3 is 2.38 bits per heavy atom. The van der Waals surface area contributed by atoms with Crippen molar-refractivity contribution in [3.63, 3.8) is 0 Å². The lowest BCUT2D eigenvalue weighted by molar-refractivity contribution is -0.192. The van der Waals surface area contributed by atoms with Gasteiger partial charge in [-0.3, -0.25) is 9.78 Å². The van der Waals surface area contributed by atoms with Crippen molar-refractivity contribution in [1.82, 2.24) is 9.88 Å². The molecule has 4 rings (SSSR count). The fraction of sp³-hybridized carbons (Fsp3) is 0.391. The molecular formula is C23H25F3N4O4. The third-order valence-corrected chi connectivity index (χ3v) is 5.96. The first kappa shape index (κ1) is 25.0. The summed E-state index contributed by atoms with van der Waals surface area (Å²) in [5, 5.41) is 13.0. The number of carbonyl (C=O) groups excluding carboxylic acids is 2. The van der Waals surface area contributed by atoms with E-state index in [0.29, 0.717) is 18.8 Å². The van der Waals surface area contributed by atoms with Gasteiger partial charge in [0, 0.05) is 36.3 Å². The molecule has 2 atom stereocenters. The molecule has 2 unspecified atom stereocenters. The number of carboxylic acid groups (broad SMARTS) is 1. The van der Waals surface area contributed by atoms with Crippen LogP contribution in [0.1, 0.15) is 25.3 Å². The van der Waals surface area contributed by atoms with Crippen LogP contribution in [0.5, 0.6) is 0 Å². The Balaban J connectivity index is 0.000000406. The van der Waals surface area contributed by atoms with Gasteiger partial charge in [0.05, 0.1) is 11.9 Å². The molecule has 0 bridgehead atoms. The van der Waals surface area contributed by atoms with Crippen molar-refractivity contribution in [3.8, 4) is 0 Å². The van der Waals surface area contributed by atoms with Gasteiger partial charge in [0.25, 0.3) is 0 Å². The summed E-state index contributed by atoms with van der Waals surface area (Å²) in [4.78, 5) is 39.8. The lowest BCUT2D eigenvalue weighted by Crippen LogP contribution is -2.33. The van der Waals surface area contributed by atoms with E-state index in [0.717, 1.165) is 24.9 Å². The van der Waals surface area contributed by atoms with Gasteiger partial charge in [0.2, 0.25) is 5.91 Å². The maximum Gasteiger partial charge on any atom is 0.490 e. The summed E-state index contributed by atoms with van der Waals surface area (Å²) in [5.74, 6) is -2.76. The van der Waals surface area contributed by atoms with Gasteiger partial charge in [-0.15, -0.1) is 0 Å². The lowest BCUT2D eigenvalue weighted by atomic mass is 10.0. The molecule has 1 saturated heterocycles. The van der Waals surface area contributed by atoms with Crippen molar-refractivity contribution in [2.24, 2.45) is 11.3 Å². The number of rotatable bonds is 4. The standard InChI is InChI=1S/C21H24N4O2.C2HF3O2/c1-2-15-5-7-16(8-6-15)24-20(27)25-11-9-21(14-25)12-18(21)19(26)23-17-4-3-10-22-13-17;3-2(4,5)1(6)7/h3-8,10,13,18H,2,9,11-12,14H2,1H3,(H,23,26)(H,24,27);(H,6,7). The molecule has 1 aliphatic carbocycles. The second-order valence-corrected chi connectivity index (χ2v) is 8.31. The minimum atomic E-state index is -5.08. The second-order valence-electron chi connectivity index (χ2n) is 8.31. The first-order valence-corrected chi connectivity index (χ1v) is 10.7. The topological polar surface area (TPSA) is 112 Å². The van der Waals surface area contributed by atoms with Gasteiger partial charge in [0.1, 0.15) is 0 Å². The largest absolute Gasteiger partial charge is 0.490 e. The van der Waals surface area contributed by atoms with Gasteiger partial charge in [-0.2, -0.15) is 13.2 Å². The number of aliphatic carboxylic acids is 1. The summed E-state index contributed by atoms with van der Waals surface area (Å²) in [6.45, 7) is 3.43. The number of pyridine rings is 1. The van der Waals surface area contributed by atoms with Crippen molar-refractivity contribution in [1.29, 1.82) is 0 Å². The Hall–Kier alpha value is -3.63. The highest BCUT2D eigenvalue weighted by Gasteiger charge is 2.61. The highest BCUT2D eigenvalue weighted by Crippen LogP contribution is 2.58. The van der Waals surface area contributed by atoms with Crippen LogP contribution < -0.4 is 10.6 Å². The number of alkyl halides is 3. The third kappa shape index (κ3) is 6.24. The predicted molar refractivity (Wildman–Crippen MR) is 118 cm³/mol. The molecule has 11 heteroatoms. The average Bonchev–Trinajstić information content (AvgIpc) is 3.34. The van der Waals surface area contributed by atoms with Crippen LogP contribution in [0.3, 0.4) is 0 Å². The molecule has 182 valence electrons. The fourth-order valence-electron chi connectivity index (χ4n) is 3.93. The number of hydrogen-bond donors (Lipinski definition) is 3. The monoisotopic (exact) mass is 478 g/mol. The Bertz CT molecular complexity index is 1030. The van der Waals surface area contributed by atoms with Crippen molar-refractivity contribution in [2.75, 3.05) is 23.7 Å². The number of benzene rings is 1. The fourth-order valence-corrected chi connectivity index (χ4v) is 3.93. The smallest absolute Gasteiger partial charge is 0.475 e. The molecule has 2 aromatic rings. The van der Waals surface area contributed by atoms with Gasteiger partial charge < -0.3 is 20.6 Å². The average molecular weight is 478 g/mol. The number of urea groups is 1. The van der Waals surface area contributed by atoms with Gasteiger partial charge >= 0.3 is 18.2 Å². The highest BCUT2D eigenvalue weighted by atomic mass is 19.4. The van der Waals surface area contributed by atoms with Crippen LogP contribution in [0.25, 0.3) is 0 Å². The van der Waals surface area contributed by atoms with Crippen LogP contribution in [0.4, 0.5) is 29.3 Å². The summed E-state index contributed by atoms with van der Waals surface area (Å²) in [6.07, 6.45) is 0.933. The van der Waals surface area contributed by atoms with E-state index in [9.17, 15) is 22.8 Å². The molecule has 34 heavy (non-hydrogen) atoms. The summed E-state index contributed by atoms with van der Waals surface area (Å²) in [7, 11) is 0. The Morgan fingerprint density at radius 2 is 1.82 bits per heavy atom. The number of nitrogens with one attached hydrogen (secondary N) is 2. The van der Waals surface area contributed by atoms with Crippen molar-refractivity contribution < 1.29 is 32.7 Å². The van der Waals surface area contributed by atoms with Crippen LogP contribution in [-0.2, 0) is 16.0 Å². The predicted octanol–water partition coefficient (Wildman–Crippen LogP) is 4.16. The van der Waals surface area contributed by atoms with Gasteiger partial charge in [-0.1, -0.05) is 19.1 Å². The maximum atomic E-state index is 12.6. The Labute approximate surface area is 194 Å². The summed E-state index contributed by atoms with van der Waals surface area (Å²) in [5.41, 5.74) is 2.71. The molecular weight excluding hydrogens is 453 g/mol. The molecule has 3 N–H and O–H groups in total. The number of hydrogen-bond acceptors (Lipinski definition) is 4. The summed E-state index contributed by atoms with van der Waals surface area (Å²) < 4.78 is 31.7. The number of amides is 3. The van der Waals surface area contributed by atoms with Crippen LogP contribution in [-0.4, -0.2) is 52.2 Å². The van der Waals surface area contributed by atoms with Crippen molar-refractivity contribution >= 4 is 29.3 Å². The zero-order valence-electron chi connectivity index (χ0n) is 18.4. The number of halogens is 3. The van der Waals surface area contributed by atoms with Gasteiger partial charge in [0.15, 0.2) is 0 Å². The number of carbonyl (C=O) groups is 3. The number of likely N-dealkylation sites (tertiary alicyclic amines) is 1. The summed E-state index contributed by atoms with van der Waals surface area (Å²) >= 11 is 0. The van der Waals surface area contributed by atoms with E-state index in [4.69, 9.17) is 9.90 Å². The van der Waals surface area contributed by atoms with E-state index in [1.807, 2.05) is 35.2 Å². The minimum Gasteiger partial charge on any atom is -0.475 e. The molecule has 8 nitrogen and oxygen atoms in total. The van der Waals surface area contributed by atoms with E-state index < -0.39 is 12.1 Å². The molecule has 1 aromatic heterocycles. The van der Waals surface area contributed by atoms with E-state index in [-0.39, 0.29) is 23.3 Å². The van der Waals surface area contributed by atoms with Crippen LogP contribution in [0.15, 0.2) is 48.8 Å². The van der Waals surface area contributed by atoms with E-state index in [1.54, 1.807) is 18.5 Å². The number of nitrogens with zero attached hydrogens (tertiary/aromatic N) is 2. The molecule has 1 aliphatic heterocycles. The number of carboxylic acids is 1. The first-order valence-electron chi connectivity index (χ1n) is 10.7. The van der Waals surface area contributed by atoms with Crippen LogP contribution in [0, 0.1) is 11.3 Å². The molecule has 1 aromatic carbocycles. The van der Waals surface area contributed by atoms with E-state index in [2.05, 4.69) is 22.5 Å². The number of aromatic nitrogens is 1. The number of aryl methyl sites for hydroxylation is 1. The normalized spacial score (nSPS) is 20.8. The Kier molecular flexibility index (Phi) is 7.43. The van der Waals surface area contributed by atoms with Gasteiger partial charge in [-0.05, 0) is 49.1 Å². The van der Waals surface area contributed by atoms with Gasteiger partial charge in [-0.25, -0.2) is 9.59 Å². The SMILES string of the molecule is CCc1ccc(NC(=O)N2CCC3(CC3C(=O)Nc3cccnc3)C2)cc1.O=C(O)C(F)(F)F. The Morgan fingerprint density at radius 1 is 1.15 bits per heavy atom. The van der Waals surface area contributed by atoms with E-state index in [1.165, 1.54) is 5.56 Å². The molecule has 2 heterocycles. The molecule has 1 saturated carbocycles. The van der Waals surface area contributed by atoms with Crippen molar-refractivity contribution in [2.45, 2.75) is 32.4 Å². The second kappa shape index (κ2) is 10.1. The molecule has 2 fully saturated rings. The van der Waals surface area contributed by atoms with E-state index >= 15 is 0 Å². The quantitative estimate of drug-likeness (QED) is 0.611. The maximum absolute atomic E-state index is 12.6.